The van der Waals surface area contributed by atoms with Gasteiger partial charge in [0.1, 0.15) is 11.6 Å². The average molecular weight is 286 g/mol. The molecule has 0 spiro atoms. The Morgan fingerprint density at radius 1 is 1.33 bits per heavy atom. The van der Waals surface area contributed by atoms with Gasteiger partial charge >= 0.3 is 0 Å². The summed E-state index contributed by atoms with van der Waals surface area (Å²) in [6.07, 6.45) is 3.71. The molecule has 0 aliphatic heterocycles. The fourth-order valence-corrected chi connectivity index (χ4v) is 2.13. The number of hydrogen-bond donors (Lipinski definition) is 1. The quantitative estimate of drug-likeness (QED) is 0.801. The lowest BCUT2D eigenvalue weighted by Crippen LogP contribution is -2.04. The van der Waals surface area contributed by atoms with Gasteiger partial charge in [0.05, 0.1) is 18.5 Å². The number of aryl methyl sites for hydroxylation is 1. The van der Waals surface area contributed by atoms with Gasteiger partial charge in [0.15, 0.2) is 5.65 Å². The first-order valence-corrected chi connectivity index (χ1v) is 6.54. The highest BCUT2D eigenvalue weighted by Gasteiger charge is 2.05. The summed E-state index contributed by atoms with van der Waals surface area (Å²) in [5, 5.41) is 7.53. The molecular formula is C15H15FN4O. The van der Waals surface area contributed by atoms with Crippen LogP contribution in [0.25, 0.3) is 5.65 Å². The van der Waals surface area contributed by atoms with E-state index in [1.807, 2.05) is 19.2 Å². The van der Waals surface area contributed by atoms with Crippen molar-refractivity contribution in [3.05, 3.63) is 53.7 Å². The zero-order chi connectivity index (χ0) is 14.8. The van der Waals surface area contributed by atoms with Crippen molar-refractivity contribution in [2.45, 2.75) is 13.5 Å². The molecule has 0 bridgehead atoms. The summed E-state index contributed by atoms with van der Waals surface area (Å²) in [4.78, 5) is 4.34. The van der Waals surface area contributed by atoms with Gasteiger partial charge in [-0.15, -0.1) is 0 Å². The van der Waals surface area contributed by atoms with Gasteiger partial charge < -0.3 is 10.1 Å². The molecule has 2 heterocycles. The van der Waals surface area contributed by atoms with Gasteiger partial charge in [-0.05, 0) is 19.1 Å². The summed E-state index contributed by atoms with van der Waals surface area (Å²) in [5.74, 6) is 0.145. The molecule has 5 nitrogen and oxygen atoms in total. The summed E-state index contributed by atoms with van der Waals surface area (Å²) in [6, 6.07) is 6.31. The van der Waals surface area contributed by atoms with Crippen molar-refractivity contribution in [2.24, 2.45) is 0 Å². The third-order valence-corrected chi connectivity index (χ3v) is 3.14. The molecule has 0 aliphatic carbocycles. The number of benzene rings is 1. The molecule has 0 radical (unpaired) electrons. The maximum atomic E-state index is 13.1. The van der Waals surface area contributed by atoms with Crippen LogP contribution in [0, 0.1) is 12.7 Å². The molecule has 21 heavy (non-hydrogen) atoms. The van der Waals surface area contributed by atoms with Gasteiger partial charge in [-0.3, -0.25) is 0 Å². The van der Waals surface area contributed by atoms with Gasteiger partial charge in [-0.2, -0.15) is 5.10 Å². The standard InChI is InChI=1S/C15H15FN4O/c1-10-5-15-18-8-11(9-20(15)19-10)7-17-13-4-3-12(16)6-14(13)21-2/h3-6,8-9,17H,7H2,1-2H3. The highest BCUT2D eigenvalue weighted by Crippen LogP contribution is 2.25. The van der Waals surface area contributed by atoms with E-state index in [4.69, 9.17) is 4.74 Å². The lowest BCUT2D eigenvalue weighted by atomic mass is 10.2. The van der Waals surface area contributed by atoms with Crippen LogP contribution in [0.3, 0.4) is 0 Å². The smallest absolute Gasteiger partial charge is 0.155 e. The fraction of sp³-hybridized carbons (Fsp3) is 0.200. The molecular weight excluding hydrogens is 271 g/mol. The number of fused-ring (bicyclic) bond motifs is 1. The van der Waals surface area contributed by atoms with Crippen molar-refractivity contribution >= 4 is 11.3 Å². The number of hydrogen-bond acceptors (Lipinski definition) is 4. The Bertz CT molecular complexity index is 784. The molecule has 2 aromatic heterocycles. The fourth-order valence-electron chi connectivity index (χ4n) is 2.13. The van der Waals surface area contributed by atoms with Gasteiger partial charge in [-0.1, -0.05) is 0 Å². The van der Waals surface area contributed by atoms with E-state index in [9.17, 15) is 4.39 Å². The Hall–Kier alpha value is -2.63. The second-order valence-electron chi connectivity index (χ2n) is 4.75. The van der Waals surface area contributed by atoms with Gasteiger partial charge in [0.2, 0.25) is 0 Å². The monoisotopic (exact) mass is 286 g/mol. The number of nitrogens with zero attached hydrogens (tertiary/aromatic N) is 3. The first-order valence-electron chi connectivity index (χ1n) is 6.54. The highest BCUT2D eigenvalue weighted by atomic mass is 19.1. The molecule has 0 saturated heterocycles. The number of aromatic nitrogens is 3. The van der Waals surface area contributed by atoms with Crippen LogP contribution in [0.1, 0.15) is 11.3 Å². The Kier molecular flexibility index (Phi) is 3.43. The minimum Gasteiger partial charge on any atom is -0.494 e. The molecule has 6 heteroatoms. The molecule has 0 atom stereocenters. The van der Waals surface area contributed by atoms with Crippen LogP contribution in [0.15, 0.2) is 36.7 Å². The average Bonchev–Trinajstić information content (AvgIpc) is 2.85. The van der Waals surface area contributed by atoms with Crippen LogP contribution < -0.4 is 10.1 Å². The van der Waals surface area contributed by atoms with Crippen LogP contribution in [0.4, 0.5) is 10.1 Å². The maximum Gasteiger partial charge on any atom is 0.155 e. The zero-order valence-electron chi connectivity index (χ0n) is 11.8. The predicted octanol–water partition coefficient (Wildman–Crippen LogP) is 2.80. The molecule has 108 valence electrons. The summed E-state index contributed by atoms with van der Waals surface area (Å²) >= 11 is 0. The molecule has 0 unspecified atom stereocenters. The molecule has 0 aliphatic rings. The minimum absolute atomic E-state index is 0.326. The van der Waals surface area contributed by atoms with E-state index < -0.39 is 0 Å². The summed E-state index contributed by atoms with van der Waals surface area (Å²) in [5.41, 5.74) is 3.44. The topological polar surface area (TPSA) is 51.5 Å². The summed E-state index contributed by atoms with van der Waals surface area (Å²) in [6.45, 7) is 2.47. The van der Waals surface area contributed by atoms with Crippen LogP contribution in [0.5, 0.6) is 5.75 Å². The number of halogens is 1. The number of ether oxygens (including phenoxy) is 1. The van der Waals surface area contributed by atoms with Crippen LogP contribution in [0.2, 0.25) is 0 Å². The molecule has 3 aromatic rings. The highest BCUT2D eigenvalue weighted by molar-refractivity contribution is 5.56. The van der Waals surface area contributed by atoms with E-state index in [2.05, 4.69) is 15.4 Å². The van der Waals surface area contributed by atoms with Crippen LogP contribution in [-0.4, -0.2) is 21.7 Å². The summed E-state index contributed by atoms with van der Waals surface area (Å²) in [7, 11) is 1.51. The van der Waals surface area contributed by atoms with Crippen LogP contribution in [-0.2, 0) is 6.54 Å². The van der Waals surface area contributed by atoms with Crippen molar-refractivity contribution in [3.63, 3.8) is 0 Å². The first kappa shape index (κ1) is 13.4. The minimum atomic E-state index is -0.326. The number of anilines is 1. The first-order chi connectivity index (χ1) is 10.2. The van der Waals surface area contributed by atoms with Crippen molar-refractivity contribution in [1.82, 2.24) is 14.6 Å². The molecule has 0 fully saturated rings. The van der Waals surface area contributed by atoms with E-state index in [1.54, 1.807) is 16.8 Å². The van der Waals surface area contributed by atoms with Crippen molar-refractivity contribution in [3.8, 4) is 5.75 Å². The second kappa shape index (κ2) is 5.40. The van der Waals surface area contributed by atoms with Gasteiger partial charge in [0.25, 0.3) is 0 Å². The molecule has 0 saturated carbocycles. The second-order valence-corrected chi connectivity index (χ2v) is 4.75. The Morgan fingerprint density at radius 2 is 2.19 bits per heavy atom. The van der Waals surface area contributed by atoms with E-state index >= 15 is 0 Å². The van der Waals surface area contributed by atoms with E-state index in [0.717, 1.165) is 22.6 Å². The summed E-state index contributed by atoms with van der Waals surface area (Å²) < 4.78 is 20.0. The zero-order valence-corrected chi connectivity index (χ0v) is 11.8. The lowest BCUT2D eigenvalue weighted by molar-refractivity contribution is 0.413. The van der Waals surface area contributed by atoms with Crippen LogP contribution >= 0.6 is 0 Å². The molecule has 0 amide bonds. The predicted molar refractivity (Wildman–Crippen MR) is 78.0 cm³/mol. The van der Waals surface area contributed by atoms with E-state index in [1.165, 1.54) is 19.2 Å². The Labute approximate surface area is 121 Å². The SMILES string of the molecule is COc1cc(F)ccc1NCc1cnc2cc(C)nn2c1. The Morgan fingerprint density at radius 3 is 3.00 bits per heavy atom. The van der Waals surface area contributed by atoms with Gasteiger partial charge in [-0.25, -0.2) is 13.9 Å². The number of methoxy groups -OCH3 is 1. The van der Waals surface area contributed by atoms with E-state index in [0.29, 0.717) is 12.3 Å². The van der Waals surface area contributed by atoms with Crippen molar-refractivity contribution < 1.29 is 9.13 Å². The third-order valence-electron chi connectivity index (χ3n) is 3.14. The molecule has 1 N–H and O–H groups in total. The normalized spacial score (nSPS) is 10.8. The van der Waals surface area contributed by atoms with Crippen molar-refractivity contribution in [2.75, 3.05) is 12.4 Å². The van der Waals surface area contributed by atoms with Crippen molar-refractivity contribution in [1.29, 1.82) is 0 Å². The van der Waals surface area contributed by atoms with Gasteiger partial charge in [0, 0.05) is 36.6 Å². The largest absolute Gasteiger partial charge is 0.494 e. The number of rotatable bonds is 4. The van der Waals surface area contributed by atoms with E-state index in [-0.39, 0.29) is 5.82 Å². The molecule has 3 rings (SSSR count). The number of nitrogens with one attached hydrogen (secondary N) is 1. The lowest BCUT2D eigenvalue weighted by Gasteiger charge is -2.11. The molecule has 1 aromatic carbocycles. The third kappa shape index (κ3) is 2.79. The Balaban J connectivity index is 1.79. The maximum absolute atomic E-state index is 13.1.